The molecule has 33 heavy (non-hydrogen) atoms. The van der Waals surface area contributed by atoms with Crippen molar-refractivity contribution in [1.29, 1.82) is 0 Å². The highest BCUT2D eigenvalue weighted by molar-refractivity contribution is 5.92. The lowest BCUT2D eigenvalue weighted by atomic mass is 9.91. The van der Waals surface area contributed by atoms with Crippen LogP contribution in [0.15, 0.2) is 47.1 Å². The first-order valence-corrected chi connectivity index (χ1v) is 10.5. The van der Waals surface area contributed by atoms with Gasteiger partial charge in [0, 0.05) is 42.7 Å². The smallest absolute Gasteiger partial charge is 0.200 e. The number of rotatable bonds is 4. The molecule has 1 aliphatic rings. The molecule has 2 aromatic heterocycles. The highest BCUT2D eigenvalue weighted by Gasteiger charge is 2.32. The van der Waals surface area contributed by atoms with Gasteiger partial charge in [0.1, 0.15) is 11.3 Å². The largest absolute Gasteiger partial charge is 0.440 e. The number of benzene rings is 2. The summed E-state index contributed by atoms with van der Waals surface area (Å²) < 4.78 is 47.5. The third-order valence-electron chi connectivity index (χ3n) is 6.02. The lowest BCUT2D eigenvalue weighted by Gasteiger charge is -2.39. The summed E-state index contributed by atoms with van der Waals surface area (Å²) in [7, 11) is 0. The molecule has 0 aliphatic carbocycles. The Kier molecular flexibility index (Phi) is 5.32. The molecule has 0 radical (unpaired) electrons. The van der Waals surface area contributed by atoms with E-state index in [1.165, 1.54) is 6.07 Å². The van der Waals surface area contributed by atoms with Crippen molar-refractivity contribution in [2.75, 3.05) is 11.4 Å². The molecule has 2 atom stereocenters. The average Bonchev–Trinajstić information content (AvgIpc) is 3.22. The number of aromatic nitrogens is 3. The Morgan fingerprint density at radius 2 is 1.82 bits per heavy atom. The summed E-state index contributed by atoms with van der Waals surface area (Å²) in [5, 5.41) is 0. The molecule has 1 saturated heterocycles. The Bertz CT molecular complexity index is 1300. The third kappa shape index (κ3) is 3.83. The van der Waals surface area contributed by atoms with Gasteiger partial charge in [-0.2, -0.15) is 0 Å². The maximum atomic E-state index is 14.5. The van der Waals surface area contributed by atoms with Gasteiger partial charge in [-0.15, -0.1) is 0 Å². The molecule has 0 amide bonds. The van der Waals surface area contributed by atoms with Crippen LogP contribution in [0.5, 0.6) is 0 Å². The summed E-state index contributed by atoms with van der Waals surface area (Å²) in [5.41, 5.74) is 1.50. The van der Waals surface area contributed by atoms with Gasteiger partial charge < -0.3 is 9.32 Å². The van der Waals surface area contributed by atoms with E-state index in [2.05, 4.69) is 15.0 Å². The van der Waals surface area contributed by atoms with Gasteiger partial charge >= 0.3 is 0 Å². The monoisotopic (exact) mass is 452 g/mol. The molecular formula is C24H19F3N4O2. The number of anilines is 1. The van der Waals surface area contributed by atoms with Crippen molar-refractivity contribution >= 4 is 23.1 Å². The second-order valence-electron chi connectivity index (χ2n) is 8.14. The summed E-state index contributed by atoms with van der Waals surface area (Å²) in [6.07, 6.45) is 5.16. The molecular weight excluding hydrogens is 433 g/mol. The quantitative estimate of drug-likeness (QED) is 0.392. The number of hydrogen-bond donors (Lipinski definition) is 0. The third-order valence-corrected chi connectivity index (χ3v) is 6.02. The number of aldehydes is 1. The molecule has 6 nitrogen and oxygen atoms in total. The Labute approximate surface area is 187 Å². The predicted octanol–water partition coefficient (Wildman–Crippen LogP) is 5.29. The van der Waals surface area contributed by atoms with Crippen LogP contribution in [-0.2, 0) is 0 Å². The van der Waals surface area contributed by atoms with E-state index in [9.17, 15) is 18.0 Å². The van der Waals surface area contributed by atoms with Crippen molar-refractivity contribution in [3.05, 3.63) is 71.6 Å². The van der Waals surface area contributed by atoms with Gasteiger partial charge in [-0.25, -0.2) is 28.1 Å². The number of carbonyl (C=O) groups is 1. The topological polar surface area (TPSA) is 72.1 Å². The van der Waals surface area contributed by atoms with E-state index in [-0.39, 0.29) is 28.6 Å². The number of halogens is 3. The van der Waals surface area contributed by atoms with Gasteiger partial charge in [0.25, 0.3) is 0 Å². The summed E-state index contributed by atoms with van der Waals surface area (Å²) in [6, 6.07) is 6.20. The van der Waals surface area contributed by atoms with E-state index >= 15 is 0 Å². The standard InChI is InChI=1S/C24H19F3N4O2/c1-13-3-4-14(24-30-19-9-17(26)18(27)10-21(19)33-24)11-31(13)20-8-16(25)7-15(12-32)22(20)23-28-5-2-6-29-23/h2,5-10,12-14H,3-4,11H2,1H3/t13-,14-/m1/s1. The van der Waals surface area contributed by atoms with Crippen molar-refractivity contribution in [2.45, 2.75) is 31.7 Å². The van der Waals surface area contributed by atoms with Crippen LogP contribution in [0.3, 0.4) is 0 Å². The van der Waals surface area contributed by atoms with Gasteiger partial charge in [0.15, 0.2) is 35.2 Å². The number of piperidine rings is 1. The van der Waals surface area contributed by atoms with Gasteiger partial charge in [0.2, 0.25) is 0 Å². The molecule has 168 valence electrons. The fourth-order valence-electron chi connectivity index (χ4n) is 4.36. The van der Waals surface area contributed by atoms with Gasteiger partial charge in [0.05, 0.1) is 17.2 Å². The fourth-order valence-corrected chi connectivity index (χ4v) is 4.36. The Morgan fingerprint density at radius 1 is 1.06 bits per heavy atom. The van der Waals surface area contributed by atoms with E-state index in [0.29, 0.717) is 35.8 Å². The second kappa shape index (κ2) is 8.31. The fraction of sp³-hybridized carbons (Fsp3) is 0.250. The first-order chi connectivity index (χ1) is 15.9. The zero-order valence-corrected chi connectivity index (χ0v) is 17.6. The van der Waals surface area contributed by atoms with Crippen molar-refractivity contribution < 1.29 is 22.4 Å². The zero-order chi connectivity index (χ0) is 23.1. The number of oxazole rings is 1. The summed E-state index contributed by atoms with van der Waals surface area (Å²) in [4.78, 5) is 26.7. The lowest BCUT2D eigenvalue weighted by Crippen LogP contribution is -2.41. The van der Waals surface area contributed by atoms with Crippen molar-refractivity contribution in [1.82, 2.24) is 15.0 Å². The molecule has 5 rings (SSSR count). The second-order valence-corrected chi connectivity index (χ2v) is 8.14. The average molecular weight is 452 g/mol. The molecule has 1 fully saturated rings. The maximum absolute atomic E-state index is 14.5. The molecule has 0 spiro atoms. The van der Waals surface area contributed by atoms with E-state index in [1.54, 1.807) is 18.5 Å². The summed E-state index contributed by atoms with van der Waals surface area (Å²) in [5.74, 6) is -2.07. The van der Waals surface area contributed by atoms with E-state index in [1.807, 2.05) is 11.8 Å². The molecule has 1 aliphatic heterocycles. The lowest BCUT2D eigenvalue weighted by molar-refractivity contribution is 0.112. The molecule has 4 aromatic rings. The minimum atomic E-state index is -1.00. The van der Waals surface area contributed by atoms with Crippen LogP contribution in [0.1, 0.15) is 41.9 Å². The summed E-state index contributed by atoms with van der Waals surface area (Å²) in [6.45, 7) is 2.41. The molecule has 0 bridgehead atoms. The van der Waals surface area contributed by atoms with E-state index < -0.39 is 17.5 Å². The van der Waals surface area contributed by atoms with E-state index in [0.717, 1.165) is 31.0 Å². The molecule has 0 unspecified atom stereocenters. The van der Waals surface area contributed by atoms with Crippen molar-refractivity contribution in [3.63, 3.8) is 0 Å². The number of carbonyl (C=O) groups excluding carboxylic acids is 1. The van der Waals surface area contributed by atoms with Crippen molar-refractivity contribution in [3.8, 4) is 11.4 Å². The van der Waals surface area contributed by atoms with Crippen LogP contribution in [0.4, 0.5) is 18.9 Å². The predicted molar refractivity (Wildman–Crippen MR) is 116 cm³/mol. The molecule has 0 saturated carbocycles. The number of hydrogen-bond acceptors (Lipinski definition) is 6. The SMILES string of the molecule is C[C@@H]1CC[C@@H](c2nc3cc(F)c(F)cc3o2)CN1c1cc(F)cc(C=O)c1-c1ncccn1. The van der Waals surface area contributed by atoms with Gasteiger partial charge in [-0.05, 0) is 38.0 Å². The maximum Gasteiger partial charge on any atom is 0.200 e. The van der Waals surface area contributed by atoms with Crippen LogP contribution in [0.25, 0.3) is 22.5 Å². The van der Waals surface area contributed by atoms with Crippen LogP contribution >= 0.6 is 0 Å². The molecule has 2 aromatic carbocycles. The minimum absolute atomic E-state index is 0.0179. The number of nitrogens with zero attached hydrogens (tertiary/aromatic N) is 4. The minimum Gasteiger partial charge on any atom is -0.440 e. The Morgan fingerprint density at radius 3 is 2.58 bits per heavy atom. The van der Waals surface area contributed by atoms with E-state index in [4.69, 9.17) is 4.42 Å². The summed E-state index contributed by atoms with van der Waals surface area (Å²) >= 11 is 0. The van der Waals surface area contributed by atoms with Crippen molar-refractivity contribution in [2.24, 2.45) is 0 Å². The van der Waals surface area contributed by atoms with Gasteiger partial charge in [-0.3, -0.25) is 4.79 Å². The van der Waals surface area contributed by atoms with Crippen LogP contribution in [0.2, 0.25) is 0 Å². The van der Waals surface area contributed by atoms with Crippen LogP contribution in [0, 0.1) is 17.5 Å². The van der Waals surface area contributed by atoms with Crippen LogP contribution < -0.4 is 4.90 Å². The molecule has 3 heterocycles. The normalized spacial score (nSPS) is 18.6. The Balaban J connectivity index is 1.57. The first kappa shape index (κ1) is 21.1. The molecule has 9 heteroatoms. The number of fused-ring (bicyclic) bond motifs is 1. The zero-order valence-electron chi connectivity index (χ0n) is 17.6. The Hall–Kier alpha value is -3.75. The highest BCUT2D eigenvalue weighted by atomic mass is 19.2. The van der Waals surface area contributed by atoms with Gasteiger partial charge in [-0.1, -0.05) is 0 Å². The molecule has 0 N–H and O–H groups in total. The first-order valence-electron chi connectivity index (χ1n) is 10.5. The van der Waals surface area contributed by atoms with Crippen LogP contribution in [-0.4, -0.2) is 33.8 Å². The highest BCUT2D eigenvalue weighted by Crippen LogP contribution is 2.39.